The van der Waals surface area contributed by atoms with Gasteiger partial charge in [0.15, 0.2) is 0 Å². The van der Waals surface area contributed by atoms with E-state index in [1.165, 1.54) is 32.1 Å². The first-order chi connectivity index (χ1) is 12.9. The van der Waals surface area contributed by atoms with Gasteiger partial charge in [-0.25, -0.2) is 0 Å². The minimum atomic E-state index is 0.197. The van der Waals surface area contributed by atoms with Crippen LogP contribution in [0.4, 0.5) is 0 Å². The average molecular weight is 381 g/mol. The number of unbranched alkanes of at least 4 members (excludes halogenated alkanes) is 4. The summed E-state index contributed by atoms with van der Waals surface area (Å²) in [6.45, 7) is 13.7. The highest BCUT2D eigenvalue weighted by Gasteiger charge is 2.25. The summed E-state index contributed by atoms with van der Waals surface area (Å²) in [6, 6.07) is 0.769. The first-order valence-corrected chi connectivity index (χ1v) is 10.9. The molecule has 27 heavy (non-hydrogen) atoms. The molecule has 6 nitrogen and oxygen atoms in total. The molecule has 0 aromatic carbocycles. The fourth-order valence-electron chi connectivity index (χ4n) is 4.29. The van der Waals surface area contributed by atoms with E-state index in [-0.39, 0.29) is 11.8 Å². The molecule has 2 rings (SSSR count). The fraction of sp³-hybridized carbons (Fsp3) is 0.905. The highest BCUT2D eigenvalue weighted by molar-refractivity contribution is 5.74. The lowest BCUT2D eigenvalue weighted by Crippen LogP contribution is -2.51. The van der Waals surface area contributed by atoms with Crippen molar-refractivity contribution in [3.63, 3.8) is 0 Å². The smallest absolute Gasteiger partial charge is 0.220 e. The molecule has 2 atom stereocenters. The van der Waals surface area contributed by atoms with E-state index in [2.05, 4.69) is 23.6 Å². The van der Waals surface area contributed by atoms with Crippen LogP contribution in [0.15, 0.2) is 0 Å². The maximum absolute atomic E-state index is 11.7. The Labute approximate surface area is 165 Å². The Kier molecular flexibility index (Phi) is 9.03. The molecule has 0 saturated carbocycles. The molecule has 0 aromatic heterocycles. The van der Waals surface area contributed by atoms with Gasteiger partial charge in [0.25, 0.3) is 0 Å². The number of carbonyl (C=O) groups excluding carboxylic acids is 2. The standard InChI is InChI=1S/C21H40N4O2/c1-18-10-14-22(16-24(18)20(3)26)12-8-6-5-7-9-13-23-15-11-19(2)25(17-23)21(4)27/h18-19H,5-17H2,1-4H3/t18-,19-/m0/s1. The molecule has 156 valence electrons. The quantitative estimate of drug-likeness (QED) is 0.608. The van der Waals surface area contributed by atoms with Gasteiger partial charge >= 0.3 is 0 Å². The summed E-state index contributed by atoms with van der Waals surface area (Å²) in [6.07, 6.45) is 8.43. The highest BCUT2D eigenvalue weighted by atomic mass is 16.2. The number of amides is 2. The first-order valence-electron chi connectivity index (χ1n) is 10.9. The van der Waals surface area contributed by atoms with Crippen LogP contribution in [-0.2, 0) is 9.59 Å². The molecule has 0 aliphatic carbocycles. The normalized spacial score (nSPS) is 25.0. The van der Waals surface area contributed by atoms with Gasteiger partial charge in [-0.3, -0.25) is 19.4 Å². The largest absolute Gasteiger partial charge is 0.327 e. The van der Waals surface area contributed by atoms with E-state index in [0.29, 0.717) is 12.1 Å². The van der Waals surface area contributed by atoms with Crippen LogP contribution in [0.1, 0.15) is 72.6 Å². The van der Waals surface area contributed by atoms with Crippen molar-refractivity contribution in [2.75, 3.05) is 39.5 Å². The summed E-state index contributed by atoms with van der Waals surface area (Å²) in [5.41, 5.74) is 0. The minimum Gasteiger partial charge on any atom is -0.327 e. The van der Waals surface area contributed by atoms with E-state index in [1.807, 2.05) is 9.80 Å². The molecule has 0 bridgehead atoms. The van der Waals surface area contributed by atoms with Gasteiger partial charge in [0.05, 0.1) is 13.3 Å². The summed E-state index contributed by atoms with van der Waals surface area (Å²) >= 11 is 0. The molecule has 2 amide bonds. The Bertz CT molecular complexity index is 443. The van der Waals surface area contributed by atoms with Gasteiger partial charge in [0, 0.05) is 39.0 Å². The Morgan fingerprint density at radius 3 is 1.44 bits per heavy atom. The molecule has 0 N–H and O–H groups in total. The van der Waals surface area contributed by atoms with E-state index in [9.17, 15) is 9.59 Å². The second kappa shape index (κ2) is 11.0. The minimum absolute atomic E-state index is 0.197. The summed E-state index contributed by atoms with van der Waals surface area (Å²) in [4.78, 5) is 32.2. The van der Waals surface area contributed by atoms with Crippen molar-refractivity contribution in [3.05, 3.63) is 0 Å². The molecule has 2 fully saturated rings. The third-order valence-corrected chi connectivity index (χ3v) is 6.25. The first kappa shape index (κ1) is 22.2. The van der Waals surface area contributed by atoms with Crippen LogP contribution >= 0.6 is 0 Å². The molecule has 2 saturated heterocycles. The maximum Gasteiger partial charge on any atom is 0.220 e. The van der Waals surface area contributed by atoms with Crippen molar-refractivity contribution in [2.24, 2.45) is 0 Å². The van der Waals surface area contributed by atoms with Gasteiger partial charge < -0.3 is 9.80 Å². The van der Waals surface area contributed by atoms with E-state index >= 15 is 0 Å². The monoisotopic (exact) mass is 380 g/mol. The van der Waals surface area contributed by atoms with Gasteiger partial charge in [-0.15, -0.1) is 0 Å². The lowest BCUT2D eigenvalue weighted by molar-refractivity contribution is -0.136. The van der Waals surface area contributed by atoms with Crippen LogP contribution < -0.4 is 0 Å². The van der Waals surface area contributed by atoms with Gasteiger partial charge in [0.1, 0.15) is 0 Å². The molecule has 2 heterocycles. The second-order valence-electron chi connectivity index (χ2n) is 8.54. The lowest BCUT2D eigenvalue weighted by Gasteiger charge is -2.40. The summed E-state index contributed by atoms with van der Waals surface area (Å²) < 4.78 is 0. The van der Waals surface area contributed by atoms with Crippen molar-refractivity contribution < 1.29 is 9.59 Å². The third kappa shape index (κ3) is 7.07. The van der Waals surface area contributed by atoms with Crippen LogP contribution in [-0.4, -0.2) is 83.0 Å². The predicted molar refractivity (Wildman–Crippen MR) is 109 cm³/mol. The average Bonchev–Trinajstić information content (AvgIpc) is 2.63. The topological polar surface area (TPSA) is 47.1 Å². The van der Waals surface area contributed by atoms with Crippen molar-refractivity contribution in [3.8, 4) is 0 Å². The van der Waals surface area contributed by atoms with Crippen molar-refractivity contribution in [1.29, 1.82) is 0 Å². The molecule has 6 heteroatoms. The number of rotatable bonds is 8. The maximum atomic E-state index is 11.7. The van der Waals surface area contributed by atoms with Crippen molar-refractivity contribution in [1.82, 2.24) is 19.6 Å². The molecule has 0 aromatic rings. The van der Waals surface area contributed by atoms with Crippen LogP contribution in [0.3, 0.4) is 0 Å². The van der Waals surface area contributed by atoms with Crippen LogP contribution in [0, 0.1) is 0 Å². The summed E-state index contributed by atoms with van der Waals surface area (Å²) in [5.74, 6) is 0.394. The zero-order valence-electron chi connectivity index (χ0n) is 18.0. The van der Waals surface area contributed by atoms with E-state index < -0.39 is 0 Å². The fourth-order valence-corrected chi connectivity index (χ4v) is 4.29. The zero-order chi connectivity index (χ0) is 19.8. The summed E-state index contributed by atoms with van der Waals surface area (Å²) in [7, 11) is 0. The highest BCUT2D eigenvalue weighted by Crippen LogP contribution is 2.16. The predicted octanol–water partition coefficient (Wildman–Crippen LogP) is 2.74. The SMILES string of the molecule is CC(=O)N1CN(CCCCCCCN2CC[C@H](C)N(C(C)=O)C2)CC[C@@H]1C. The van der Waals surface area contributed by atoms with Gasteiger partial charge in [-0.05, 0) is 52.6 Å². The molecule has 0 radical (unpaired) electrons. The Balaban J connectivity index is 1.51. The molecule has 2 aliphatic heterocycles. The van der Waals surface area contributed by atoms with E-state index in [0.717, 1.165) is 52.4 Å². The zero-order valence-corrected chi connectivity index (χ0v) is 18.0. The Morgan fingerprint density at radius 1 is 0.704 bits per heavy atom. The molecular formula is C21H40N4O2. The third-order valence-electron chi connectivity index (χ3n) is 6.25. The van der Waals surface area contributed by atoms with E-state index in [1.54, 1.807) is 13.8 Å². The van der Waals surface area contributed by atoms with Gasteiger partial charge in [0.2, 0.25) is 11.8 Å². The van der Waals surface area contributed by atoms with Crippen LogP contribution in [0.5, 0.6) is 0 Å². The van der Waals surface area contributed by atoms with Crippen LogP contribution in [0.2, 0.25) is 0 Å². The molecular weight excluding hydrogens is 340 g/mol. The number of carbonyl (C=O) groups is 2. The number of hydrogen-bond acceptors (Lipinski definition) is 4. The number of hydrogen-bond donors (Lipinski definition) is 0. The van der Waals surface area contributed by atoms with Crippen molar-refractivity contribution >= 4 is 11.8 Å². The van der Waals surface area contributed by atoms with Crippen molar-refractivity contribution in [2.45, 2.75) is 84.7 Å². The molecule has 0 spiro atoms. The van der Waals surface area contributed by atoms with Crippen LogP contribution in [0.25, 0.3) is 0 Å². The summed E-state index contributed by atoms with van der Waals surface area (Å²) in [5, 5.41) is 0. The Hall–Kier alpha value is -1.14. The second-order valence-corrected chi connectivity index (χ2v) is 8.54. The van der Waals surface area contributed by atoms with Gasteiger partial charge in [-0.1, -0.05) is 19.3 Å². The molecule has 2 aliphatic rings. The van der Waals surface area contributed by atoms with Gasteiger partial charge in [-0.2, -0.15) is 0 Å². The lowest BCUT2D eigenvalue weighted by atomic mass is 10.1. The Morgan fingerprint density at radius 2 is 1.07 bits per heavy atom. The van der Waals surface area contributed by atoms with E-state index in [4.69, 9.17) is 0 Å². The number of nitrogens with zero attached hydrogens (tertiary/aromatic N) is 4. The molecule has 0 unspecified atom stereocenters.